The van der Waals surface area contributed by atoms with Gasteiger partial charge in [-0.15, -0.1) is 0 Å². The van der Waals surface area contributed by atoms with E-state index in [9.17, 15) is 17.6 Å². The van der Waals surface area contributed by atoms with Crippen LogP contribution in [0.4, 0.5) is 17.6 Å². The van der Waals surface area contributed by atoms with Crippen LogP contribution in [0.1, 0.15) is 16.7 Å². The number of alkyl halides is 3. The van der Waals surface area contributed by atoms with Crippen LogP contribution in [0.3, 0.4) is 0 Å². The molecule has 0 aromatic heterocycles. The van der Waals surface area contributed by atoms with Gasteiger partial charge in [-0.1, -0.05) is 24.3 Å². The fourth-order valence-electron chi connectivity index (χ4n) is 1.82. The summed E-state index contributed by atoms with van der Waals surface area (Å²) in [6, 6.07) is 9.35. The molecule has 0 atom stereocenters. The molecule has 2 nitrogen and oxygen atoms in total. The summed E-state index contributed by atoms with van der Waals surface area (Å²) in [6.07, 6.45) is -4.56. The Morgan fingerprint density at radius 2 is 1.76 bits per heavy atom. The Hall–Kier alpha value is -2.08. The number of halogens is 4. The average Bonchev–Trinajstić information content (AvgIpc) is 2.45. The van der Waals surface area contributed by atoms with Crippen molar-refractivity contribution in [3.63, 3.8) is 0 Å². The second kappa shape index (κ2) is 6.13. The number of nitrogens with two attached hydrogens (primary N) is 1. The summed E-state index contributed by atoms with van der Waals surface area (Å²) in [5, 5.41) is 0. The zero-order valence-corrected chi connectivity index (χ0v) is 11.0. The smallest absolute Gasteiger partial charge is 0.419 e. The molecule has 0 amide bonds. The minimum atomic E-state index is -4.56. The van der Waals surface area contributed by atoms with Crippen LogP contribution in [-0.2, 0) is 19.3 Å². The zero-order valence-electron chi connectivity index (χ0n) is 11.0. The van der Waals surface area contributed by atoms with Crippen molar-refractivity contribution in [1.82, 2.24) is 0 Å². The molecule has 112 valence electrons. The van der Waals surface area contributed by atoms with Crippen LogP contribution in [-0.4, -0.2) is 0 Å². The Morgan fingerprint density at radius 1 is 1.05 bits per heavy atom. The highest BCUT2D eigenvalue weighted by atomic mass is 19.4. The number of ether oxygens (including phenoxy) is 1. The van der Waals surface area contributed by atoms with Crippen molar-refractivity contribution in [1.29, 1.82) is 0 Å². The van der Waals surface area contributed by atoms with Crippen molar-refractivity contribution in [2.24, 2.45) is 5.73 Å². The van der Waals surface area contributed by atoms with Gasteiger partial charge in [0, 0.05) is 12.1 Å². The Morgan fingerprint density at radius 3 is 2.38 bits per heavy atom. The van der Waals surface area contributed by atoms with Gasteiger partial charge in [0.1, 0.15) is 18.2 Å². The Kier molecular flexibility index (Phi) is 4.47. The molecule has 0 spiro atoms. The molecule has 2 N–H and O–H groups in total. The summed E-state index contributed by atoms with van der Waals surface area (Å²) in [5.74, 6) is -0.868. The van der Waals surface area contributed by atoms with Crippen LogP contribution in [0.5, 0.6) is 5.75 Å². The van der Waals surface area contributed by atoms with E-state index in [1.54, 1.807) is 6.07 Å². The van der Waals surface area contributed by atoms with Gasteiger partial charge in [-0.3, -0.25) is 0 Å². The van der Waals surface area contributed by atoms with Gasteiger partial charge >= 0.3 is 6.18 Å². The van der Waals surface area contributed by atoms with Crippen LogP contribution in [0.25, 0.3) is 0 Å². The van der Waals surface area contributed by atoms with Crippen LogP contribution >= 0.6 is 0 Å². The second-order valence-corrected chi connectivity index (χ2v) is 4.41. The highest BCUT2D eigenvalue weighted by Gasteiger charge is 2.34. The quantitative estimate of drug-likeness (QED) is 0.870. The second-order valence-electron chi connectivity index (χ2n) is 4.41. The van der Waals surface area contributed by atoms with Gasteiger partial charge in [0.05, 0.1) is 5.56 Å². The molecule has 2 aromatic carbocycles. The predicted molar refractivity (Wildman–Crippen MR) is 70.1 cm³/mol. The summed E-state index contributed by atoms with van der Waals surface area (Å²) in [6.45, 7) is -0.283. The van der Waals surface area contributed by atoms with E-state index in [4.69, 9.17) is 10.5 Å². The average molecular weight is 299 g/mol. The van der Waals surface area contributed by atoms with Gasteiger partial charge in [0.2, 0.25) is 0 Å². The third kappa shape index (κ3) is 3.72. The predicted octanol–water partition coefficient (Wildman–Crippen LogP) is 3.88. The molecular weight excluding hydrogens is 286 g/mol. The van der Waals surface area contributed by atoms with E-state index in [1.807, 2.05) is 0 Å². The molecule has 0 saturated carbocycles. The van der Waals surface area contributed by atoms with Crippen molar-refractivity contribution in [2.45, 2.75) is 19.3 Å². The molecule has 0 radical (unpaired) electrons. The van der Waals surface area contributed by atoms with Crippen molar-refractivity contribution < 1.29 is 22.3 Å². The van der Waals surface area contributed by atoms with E-state index in [1.165, 1.54) is 30.3 Å². The van der Waals surface area contributed by atoms with Crippen molar-refractivity contribution in [3.05, 3.63) is 65.0 Å². The highest BCUT2D eigenvalue weighted by Crippen LogP contribution is 2.37. The van der Waals surface area contributed by atoms with Gasteiger partial charge in [-0.25, -0.2) is 4.39 Å². The summed E-state index contributed by atoms with van der Waals surface area (Å²) in [4.78, 5) is 0. The Labute approximate surface area is 119 Å². The number of benzene rings is 2. The largest absolute Gasteiger partial charge is 0.488 e. The first-order chi connectivity index (χ1) is 9.91. The van der Waals surface area contributed by atoms with E-state index in [2.05, 4.69) is 0 Å². The molecule has 0 unspecified atom stereocenters. The lowest BCUT2D eigenvalue weighted by Crippen LogP contribution is -2.11. The maximum Gasteiger partial charge on any atom is 0.419 e. The number of rotatable bonds is 4. The van der Waals surface area contributed by atoms with Crippen LogP contribution in [0, 0.1) is 5.82 Å². The van der Waals surface area contributed by atoms with E-state index < -0.39 is 17.6 Å². The molecule has 0 aliphatic rings. The standard InChI is InChI=1S/C15H13F4NO/c16-13-4-2-1-3-11(13)9-21-14-6-5-10(8-20)7-12(14)15(17,18)19/h1-7H,8-9,20H2. The molecule has 0 aliphatic carbocycles. The van der Waals surface area contributed by atoms with Gasteiger partial charge < -0.3 is 10.5 Å². The summed E-state index contributed by atoms with van der Waals surface area (Å²) < 4.78 is 57.5. The fourth-order valence-corrected chi connectivity index (χ4v) is 1.82. The van der Waals surface area contributed by atoms with Crippen LogP contribution in [0.2, 0.25) is 0 Å². The van der Waals surface area contributed by atoms with Crippen LogP contribution < -0.4 is 10.5 Å². The molecule has 2 rings (SSSR count). The van der Waals surface area contributed by atoms with Crippen molar-refractivity contribution >= 4 is 0 Å². The zero-order chi connectivity index (χ0) is 15.5. The third-order valence-electron chi connectivity index (χ3n) is 2.93. The van der Waals surface area contributed by atoms with Gasteiger partial charge in [0.25, 0.3) is 0 Å². The number of hydrogen-bond donors (Lipinski definition) is 1. The number of hydrogen-bond acceptors (Lipinski definition) is 2. The minimum Gasteiger partial charge on any atom is -0.488 e. The third-order valence-corrected chi connectivity index (χ3v) is 2.93. The molecule has 0 aliphatic heterocycles. The van der Waals surface area contributed by atoms with Crippen LogP contribution in [0.15, 0.2) is 42.5 Å². The maximum atomic E-state index is 13.4. The highest BCUT2D eigenvalue weighted by molar-refractivity contribution is 5.39. The first kappa shape index (κ1) is 15.3. The first-order valence-corrected chi connectivity index (χ1v) is 6.18. The topological polar surface area (TPSA) is 35.2 Å². The fraction of sp³-hybridized carbons (Fsp3) is 0.200. The minimum absolute atomic E-state index is 0.00330. The molecule has 0 fully saturated rings. The van der Waals surface area contributed by atoms with Gasteiger partial charge in [0.15, 0.2) is 0 Å². The molecule has 21 heavy (non-hydrogen) atoms. The monoisotopic (exact) mass is 299 g/mol. The van der Waals surface area contributed by atoms with E-state index in [0.29, 0.717) is 5.56 Å². The Bertz CT molecular complexity index is 625. The normalized spacial score (nSPS) is 11.5. The lowest BCUT2D eigenvalue weighted by molar-refractivity contribution is -0.139. The molecule has 0 bridgehead atoms. The molecule has 2 aromatic rings. The summed E-state index contributed by atoms with van der Waals surface area (Å²) in [5.41, 5.74) is 4.96. The maximum absolute atomic E-state index is 13.4. The summed E-state index contributed by atoms with van der Waals surface area (Å²) >= 11 is 0. The summed E-state index contributed by atoms with van der Waals surface area (Å²) in [7, 11) is 0. The van der Waals surface area contributed by atoms with E-state index in [0.717, 1.165) is 6.07 Å². The van der Waals surface area contributed by atoms with Crippen molar-refractivity contribution in [2.75, 3.05) is 0 Å². The van der Waals surface area contributed by atoms with Gasteiger partial charge in [-0.05, 0) is 23.8 Å². The SMILES string of the molecule is NCc1ccc(OCc2ccccc2F)c(C(F)(F)F)c1. The molecule has 0 heterocycles. The Balaban J connectivity index is 2.26. The first-order valence-electron chi connectivity index (χ1n) is 6.18. The molecule has 6 heteroatoms. The molecular formula is C15H13F4NO. The van der Waals surface area contributed by atoms with E-state index in [-0.39, 0.29) is 24.5 Å². The van der Waals surface area contributed by atoms with E-state index >= 15 is 0 Å². The van der Waals surface area contributed by atoms with Crippen molar-refractivity contribution in [3.8, 4) is 5.75 Å². The lowest BCUT2D eigenvalue weighted by atomic mass is 10.1. The molecule has 0 saturated heterocycles. The lowest BCUT2D eigenvalue weighted by Gasteiger charge is -2.15. The van der Waals surface area contributed by atoms with Gasteiger partial charge in [-0.2, -0.15) is 13.2 Å².